The van der Waals surface area contributed by atoms with E-state index in [1.165, 1.54) is 81.3 Å². The lowest BCUT2D eigenvalue weighted by Crippen LogP contribution is -2.51. The largest absolute Gasteiger partial charge is 0.456 e. The van der Waals surface area contributed by atoms with Crippen LogP contribution >= 0.6 is 0 Å². The van der Waals surface area contributed by atoms with Crippen LogP contribution < -0.4 is 25.0 Å². The maximum Gasteiger partial charge on any atom is 0.135 e. The first kappa shape index (κ1) is 34.2. The summed E-state index contributed by atoms with van der Waals surface area (Å²) in [5.74, 6) is 3.62. The Morgan fingerprint density at radius 2 is 0.656 bits per heavy atom. The summed E-state index contributed by atoms with van der Waals surface area (Å²) in [5, 5.41) is 13.7. The van der Waals surface area contributed by atoms with Gasteiger partial charge in [-0.3, -0.25) is 0 Å². The third-order valence-electron chi connectivity index (χ3n) is 13.0. The molecule has 61 heavy (non-hydrogen) atoms. The highest BCUT2D eigenvalue weighted by Crippen LogP contribution is 2.53. The highest BCUT2D eigenvalue weighted by molar-refractivity contribution is 6.95. The molecule has 0 aliphatic carbocycles. The SMILES string of the molecule is c1ccc([SiH](c2ccccc2)c2ccc3c(c2)Oc2ccc(-c4c5ccccc5c(-c5ccc6c7c(cccc57)Oc5ccccc5-6)c5ccccc45)c4cccc-3c24)cc1. The summed E-state index contributed by atoms with van der Waals surface area (Å²) >= 11 is 0. The minimum atomic E-state index is -1.75. The van der Waals surface area contributed by atoms with E-state index in [0.717, 1.165) is 44.9 Å². The van der Waals surface area contributed by atoms with Gasteiger partial charge in [0.15, 0.2) is 0 Å². The normalized spacial score (nSPS) is 12.3. The summed E-state index contributed by atoms with van der Waals surface area (Å²) in [6.07, 6.45) is 0. The fraction of sp³-hybridized carbons (Fsp3) is 0. The van der Waals surface area contributed by atoms with Gasteiger partial charge in [0.05, 0.1) is 0 Å². The van der Waals surface area contributed by atoms with Crippen molar-refractivity contribution >= 4 is 67.4 Å². The van der Waals surface area contributed by atoms with Crippen molar-refractivity contribution in [3.05, 3.63) is 212 Å². The van der Waals surface area contributed by atoms with Crippen LogP contribution in [0, 0.1) is 0 Å². The summed E-state index contributed by atoms with van der Waals surface area (Å²) in [6, 6.07) is 77.5. The van der Waals surface area contributed by atoms with Gasteiger partial charge in [0.2, 0.25) is 0 Å². The first-order valence-corrected chi connectivity index (χ1v) is 22.8. The molecule has 0 unspecified atom stereocenters. The number of rotatable bonds is 5. The third kappa shape index (κ3) is 5.14. The molecule has 0 saturated heterocycles. The van der Waals surface area contributed by atoms with Crippen LogP contribution in [0.15, 0.2) is 212 Å². The minimum Gasteiger partial charge on any atom is -0.456 e. The van der Waals surface area contributed by atoms with E-state index in [1.807, 2.05) is 6.07 Å². The molecule has 11 aromatic carbocycles. The van der Waals surface area contributed by atoms with Crippen LogP contribution in [0.1, 0.15) is 0 Å². The van der Waals surface area contributed by atoms with Crippen molar-refractivity contribution < 1.29 is 9.47 Å². The number of fused-ring (bicyclic) bond motifs is 6. The lowest BCUT2D eigenvalue weighted by molar-refractivity contribution is 0.487. The van der Waals surface area contributed by atoms with E-state index >= 15 is 0 Å². The van der Waals surface area contributed by atoms with Gasteiger partial charge in [-0.1, -0.05) is 192 Å². The molecule has 2 aliphatic heterocycles. The van der Waals surface area contributed by atoms with Crippen LogP contribution in [0.5, 0.6) is 23.0 Å². The number of hydrogen-bond acceptors (Lipinski definition) is 2. The van der Waals surface area contributed by atoms with Crippen molar-refractivity contribution in [1.29, 1.82) is 0 Å². The molecule has 0 bridgehead atoms. The monoisotopic (exact) mass is 792 g/mol. The average Bonchev–Trinajstić information content (AvgIpc) is 3.32. The molecule has 2 nitrogen and oxygen atoms in total. The Hall–Kier alpha value is -7.72. The second kappa shape index (κ2) is 13.4. The number of benzene rings is 11. The van der Waals surface area contributed by atoms with Gasteiger partial charge in [-0.25, -0.2) is 0 Å². The summed E-state index contributed by atoms with van der Waals surface area (Å²) in [7, 11) is -1.75. The third-order valence-corrected chi connectivity index (χ3v) is 16.1. The Labute approximate surface area is 355 Å². The summed E-state index contributed by atoms with van der Waals surface area (Å²) < 4.78 is 13.5. The van der Waals surface area contributed by atoms with Crippen molar-refractivity contribution in [2.75, 3.05) is 0 Å². The molecule has 0 amide bonds. The van der Waals surface area contributed by atoms with Gasteiger partial charge in [0.1, 0.15) is 31.8 Å². The standard InChI is InChI=1S/C58H36O2Si/c1-3-15-36(16-4-1)61(37-17-5-2-6-18-37)38-29-30-40-41-24-13-25-46-50(33-34-53(57(41)46)60-54(40)35-38)56-44-22-9-7-20-42(44)55(43-21-8-10-23-45(43)56)49-32-31-48-39-19-11-12-27-51(39)59-52-28-14-26-47(49)58(48)52/h1-35,61H. The summed E-state index contributed by atoms with van der Waals surface area (Å²) in [5.41, 5.74) is 9.55. The van der Waals surface area contributed by atoms with Crippen molar-refractivity contribution in [3.63, 3.8) is 0 Å². The molecule has 0 aromatic heterocycles. The predicted molar refractivity (Wildman–Crippen MR) is 257 cm³/mol. The number of hydrogen-bond donors (Lipinski definition) is 0. The van der Waals surface area contributed by atoms with Crippen LogP contribution in [0.3, 0.4) is 0 Å². The maximum atomic E-state index is 6.96. The maximum absolute atomic E-state index is 6.96. The fourth-order valence-corrected chi connectivity index (χ4v) is 13.4. The lowest BCUT2D eigenvalue weighted by atomic mass is 9.82. The zero-order valence-electron chi connectivity index (χ0n) is 33.1. The van der Waals surface area contributed by atoms with Crippen molar-refractivity contribution in [3.8, 4) is 67.5 Å². The van der Waals surface area contributed by atoms with Gasteiger partial charge >= 0.3 is 0 Å². The van der Waals surface area contributed by atoms with Crippen molar-refractivity contribution in [1.82, 2.24) is 0 Å². The van der Waals surface area contributed by atoms with Gasteiger partial charge < -0.3 is 9.47 Å². The lowest BCUT2D eigenvalue weighted by Gasteiger charge is -2.26. The first-order chi connectivity index (χ1) is 30.3. The Kier molecular flexibility index (Phi) is 7.51. The molecular formula is C58H36O2Si. The topological polar surface area (TPSA) is 18.5 Å². The van der Waals surface area contributed by atoms with Gasteiger partial charge in [-0.05, 0) is 101 Å². The molecule has 0 N–H and O–H groups in total. The van der Waals surface area contributed by atoms with Crippen LogP contribution in [0.25, 0.3) is 87.6 Å². The van der Waals surface area contributed by atoms with Crippen LogP contribution in [-0.4, -0.2) is 8.80 Å². The second-order valence-electron chi connectivity index (χ2n) is 16.2. The molecule has 11 aromatic rings. The van der Waals surface area contributed by atoms with Gasteiger partial charge in [-0.2, -0.15) is 0 Å². The Morgan fingerprint density at radius 1 is 0.246 bits per heavy atom. The molecule has 0 atom stereocenters. The molecule has 0 radical (unpaired) electrons. The molecule has 284 valence electrons. The Morgan fingerprint density at radius 3 is 1.30 bits per heavy atom. The van der Waals surface area contributed by atoms with E-state index in [9.17, 15) is 0 Å². The van der Waals surface area contributed by atoms with Crippen molar-refractivity contribution in [2.24, 2.45) is 0 Å². The molecule has 2 aliphatic rings. The average molecular weight is 793 g/mol. The highest BCUT2D eigenvalue weighted by atomic mass is 28.3. The van der Waals surface area contributed by atoms with Gasteiger partial charge in [0.25, 0.3) is 0 Å². The van der Waals surface area contributed by atoms with Crippen molar-refractivity contribution in [2.45, 2.75) is 0 Å². The van der Waals surface area contributed by atoms with Crippen LogP contribution in [0.4, 0.5) is 0 Å². The summed E-state index contributed by atoms with van der Waals surface area (Å²) in [4.78, 5) is 0. The molecular weight excluding hydrogens is 757 g/mol. The van der Waals surface area contributed by atoms with Gasteiger partial charge in [0, 0.05) is 21.9 Å². The number of ether oxygens (including phenoxy) is 2. The molecule has 2 heterocycles. The van der Waals surface area contributed by atoms with E-state index in [1.54, 1.807) is 0 Å². The Balaban J connectivity index is 1.01. The van der Waals surface area contributed by atoms with E-state index in [-0.39, 0.29) is 0 Å². The first-order valence-electron chi connectivity index (χ1n) is 21.0. The highest BCUT2D eigenvalue weighted by Gasteiger charge is 2.28. The van der Waals surface area contributed by atoms with E-state index in [4.69, 9.17) is 9.47 Å². The quantitative estimate of drug-likeness (QED) is 0.0982. The van der Waals surface area contributed by atoms with Gasteiger partial charge in [-0.15, -0.1) is 0 Å². The molecule has 3 heteroatoms. The molecule has 0 fully saturated rings. The molecule has 13 rings (SSSR count). The summed E-state index contributed by atoms with van der Waals surface area (Å²) in [6.45, 7) is 0. The Bertz CT molecular complexity index is 3500. The molecule has 0 spiro atoms. The van der Waals surface area contributed by atoms with Crippen LogP contribution in [-0.2, 0) is 0 Å². The predicted octanol–water partition coefficient (Wildman–Crippen LogP) is 13.4. The van der Waals surface area contributed by atoms with Crippen LogP contribution in [0.2, 0.25) is 0 Å². The fourth-order valence-electron chi connectivity index (χ4n) is 10.4. The van der Waals surface area contributed by atoms with E-state index < -0.39 is 8.80 Å². The van der Waals surface area contributed by atoms with E-state index in [2.05, 4.69) is 206 Å². The smallest absolute Gasteiger partial charge is 0.135 e. The van der Waals surface area contributed by atoms with E-state index in [0.29, 0.717) is 0 Å². The number of para-hydroxylation sites is 1. The zero-order valence-corrected chi connectivity index (χ0v) is 34.3. The second-order valence-corrected chi connectivity index (χ2v) is 19.1. The minimum absolute atomic E-state index is 0.898. The molecule has 0 saturated carbocycles. The zero-order chi connectivity index (χ0) is 40.0.